The van der Waals surface area contributed by atoms with Crippen LogP contribution in [0.25, 0.3) is 172 Å². The fourth-order valence-electron chi connectivity index (χ4n) is 18.1. The lowest BCUT2D eigenvalue weighted by molar-refractivity contribution is 0.660. The van der Waals surface area contributed by atoms with Crippen LogP contribution in [0.4, 0.5) is 0 Å². The zero-order valence-corrected chi connectivity index (χ0v) is 56.4. The van der Waals surface area contributed by atoms with Gasteiger partial charge in [0, 0.05) is 59.8 Å². The molecule has 18 aromatic rings. The molecule has 0 unspecified atom stereocenters. The van der Waals surface area contributed by atoms with Gasteiger partial charge < -0.3 is 4.57 Å². The maximum Gasteiger partial charge on any atom is 0.240 e. The van der Waals surface area contributed by atoms with Crippen LogP contribution in [0.5, 0.6) is 0 Å². The van der Waals surface area contributed by atoms with Gasteiger partial charge in [-0.15, -0.1) is 0 Å². The van der Waals surface area contributed by atoms with Gasteiger partial charge in [-0.25, -0.2) is 0 Å². The Kier molecular flexibility index (Phi) is 11.6. The summed E-state index contributed by atoms with van der Waals surface area (Å²) >= 11 is 0. The molecule has 0 spiro atoms. The van der Waals surface area contributed by atoms with E-state index in [1.54, 1.807) is 0 Å². The Bertz CT molecular complexity index is 6400. The van der Waals surface area contributed by atoms with E-state index in [2.05, 4.69) is 346 Å². The predicted octanol–water partition coefficient (Wildman–Crippen LogP) is 23.9. The van der Waals surface area contributed by atoms with Gasteiger partial charge in [0.2, 0.25) is 11.9 Å². The maximum atomic E-state index is 5.73. The highest BCUT2D eigenvalue weighted by atomic mass is 15.3. The number of para-hydroxylation sites is 3. The second kappa shape index (κ2) is 20.4. The van der Waals surface area contributed by atoms with Gasteiger partial charge in [0.05, 0.1) is 33.1 Å². The third-order valence-electron chi connectivity index (χ3n) is 23.1. The fourth-order valence-corrected chi connectivity index (χ4v) is 18.1. The third kappa shape index (κ3) is 7.98. The predicted molar refractivity (Wildman–Crippen MR) is 415 cm³/mol. The quantitative estimate of drug-likeness (QED) is 0.160. The van der Waals surface area contributed by atoms with Crippen molar-refractivity contribution in [1.82, 2.24) is 28.7 Å². The molecule has 4 aromatic heterocycles. The van der Waals surface area contributed by atoms with Gasteiger partial charge in [-0.2, -0.15) is 15.0 Å². The normalized spacial score (nSPS) is 14.3. The molecule has 0 radical (unpaired) electrons. The van der Waals surface area contributed by atoms with Crippen LogP contribution in [0, 0.1) is 0 Å². The first-order valence-corrected chi connectivity index (χ1v) is 35.0. The lowest BCUT2D eigenvalue weighted by Crippen LogP contribution is -2.14. The molecular formula is C94H66N6. The number of nitrogens with zero attached hydrogens (tertiary/aromatic N) is 6. The molecule has 100 heavy (non-hydrogen) atoms. The zero-order chi connectivity index (χ0) is 66.7. The number of hydrogen-bond acceptors (Lipinski definition) is 3. The standard InChI is InChI=1S/C94H66N6/c1-92(2)77-25-13-7-19-65(77)74-49-57(37-44-80(74)92)60-34-41-71-68-22-10-16-28-83(68)98(86(71)52-60)64-40-33-55-47-63(32-31-56(55)48-64)89-95-90(99-84-29-17-11-23-69(84)72-42-35-61(53-87(72)99)58-38-45-81-75(50-58)66-20-8-14-26-78(66)93(81,3)4)97-91(96-89)100-85-30-18-12-24-70(85)73-43-36-62(54-88(73)100)59-39-46-82-76(51-59)67-21-9-15-27-79(67)94(82,5)6/h7-54H,1-6H3. The first-order chi connectivity index (χ1) is 48.8. The molecule has 0 aliphatic heterocycles. The average Bonchev–Trinajstić information content (AvgIpc) is 1.58. The molecule has 6 heteroatoms. The molecule has 6 nitrogen and oxygen atoms in total. The Morgan fingerprint density at radius 2 is 0.530 bits per heavy atom. The van der Waals surface area contributed by atoms with Crippen LogP contribution in [0.15, 0.2) is 291 Å². The third-order valence-corrected chi connectivity index (χ3v) is 23.1. The van der Waals surface area contributed by atoms with Crippen LogP contribution in [-0.4, -0.2) is 28.7 Å². The topological polar surface area (TPSA) is 53.5 Å². The van der Waals surface area contributed by atoms with Crippen molar-refractivity contribution in [3.8, 4) is 95.7 Å². The monoisotopic (exact) mass is 1280 g/mol. The van der Waals surface area contributed by atoms with Crippen molar-refractivity contribution in [2.24, 2.45) is 0 Å². The number of benzene rings is 14. The summed E-state index contributed by atoms with van der Waals surface area (Å²) in [5.41, 5.74) is 31.1. The summed E-state index contributed by atoms with van der Waals surface area (Å²) in [6.45, 7) is 14.1. The largest absolute Gasteiger partial charge is 0.309 e. The van der Waals surface area contributed by atoms with Crippen molar-refractivity contribution in [2.75, 3.05) is 0 Å². The molecule has 14 aromatic carbocycles. The molecule has 21 rings (SSSR count). The van der Waals surface area contributed by atoms with Crippen molar-refractivity contribution >= 4 is 76.2 Å². The smallest absolute Gasteiger partial charge is 0.240 e. The molecule has 4 heterocycles. The molecule has 472 valence electrons. The lowest BCUT2D eigenvalue weighted by Gasteiger charge is -2.21. The molecule has 0 N–H and O–H groups in total. The first-order valence-electron chi connectivity index (χ1n) is 35.0. The SMILES string of the molecule is CC1(C)c2ccccc2-c2cc(-c3ccc4c5ccccc5n(-c5ccc6cc(-c7nc(-n8c9ccccc9c9ccc(-c%10ccc%11c(c%10)-c%10ccccc%10C%11(C)C)cc98)nc(-n8c9ccccc9c9ccc(-c%10ccc%11c(c%10)-c%10ccccc%10C%11(C)C)cc98)n7)ccc6c5)c4c3)ccc21. The molecule has 0 atom stereocenters. The Balaban J connectivity index is 0.743. The van der Waals surface area contributed by atoms with Gasteiger partial charge in [0.25, 0.3) is 0 Å². The summed E-state index contributed by atoms with van der Waals surface area (Å²) in [5.74, 6) is 1.64. The zero-order valence-electron chi connectivity index (χ0n) is 56.4. The highest BCUT2D eigenvalue weighted by Gasteiger charge is 2.38. The van der Waals surface area contributed by atoms with E-state index in [-0.39, 0.29) is 16.2 Å². The minimum absolute atomic E-state index is 0.0562. The van der Waals surface area contributed by atoms with Crippen LogP contribution in [0.1, 0.15) is 74.9 Å². The molecule has 0 amide bonds. The first kappa shape index (κ1) is 56.9. The van der Waals surface area contributed by atoms with E-state index in [0.717, 1.165) is 87.9 Å². The number of rotatable bonds is 7. The molecule has 0 saturated heterocycles. The molecule has 3 aliphatic rings. The molecule has 0 saturated carbocycles. The van der Waals surface area contributed by atoms with Gasteiger partial charge >= 0.3 is 0 Å². The van der Waals surface area contributed by atoms with E-state index in [9.17, 15) is 0 Å². The number of hydrogen-bond donors (Lipinski definition) is 0. The van der Waals surface area contributed by atoms with Crippen molar-refractivity contribution in [2.45, 2.75) is 57.8 Å². The van der Waals surface area contributed by atoms with E-state index >= 15 is 0 Å². The molecular weight excluding hydrogens is 1210 g/mol. The van der Waals surface area contributed by atoms with Crippen LogP contribution >= 0.6 is 0 Å². The highest BCUT2D eigenvalue weighted by molar-refractivity contribution is 6.13. The van der Waals surface area contributed by atoms with E-state index in [4.69, 9.17) is 15.0 Å². The fraction of sp³-hybridized carbons (Fsp3) is 0.0957. The Morgan fingerprint density at radius 1 is 0.220 bits per heavy atom. The van der Waals surface area contributed by atoms with Crippen molar-refractivity contribution < 1.29 is 0 Å². The van der Waals surface area contributed by atoms with Crippen LogP contribution in [0.2, 0.25) is 0 Å². The van der Waals surface area contributed by atoms with E-state index in [0.29, 0.717) is 17.7 Å². The Morgan fingerprint density at radius 3 is 0.960 bits per heavy atom. The van der Waals surface area contributed by atoms with Crippen LogP contribution in [-0.2, 0) is 16.2 Å². The molecule has 0 fully saturated rings. The minimum Gasteiger partial charge on any atom is -0.309 e. The van der Waals surface area contributed by atoms with Crippen molar-refractivity contribution in [3.63, 3.8) is 0 Å². The van der Waals surface area contributed by atoms with Crippen LogP contribution in [0.3, 0.4) is 0 Å². The van der Waals surface area contributed by atoms with Gasteiger partial charge in [0.1, 0.15) is 0 Å². The highest BCUT2D eigenvalue weighted by Crippen LogP contribution is 2.53. The van der Waals surface area contributed by atoms with Crippen LogP contribution < -0.4 is 0 Å². The number of fused-ring (bicyclic) bond motifs is 19. The minimum atomic E-state index is -0.0952. The van der Waals surface area contributed by atoms with E-state index < -0.39 is 0 Å². The van der Waals surface area contributed by atoms with Gasteiger partial charge in [-0.1, -0.05) is 260 Å². The second-order valence-electron chi connectivity index (χ2n) is 29.6. The summed E-state index contributed by atoms with van der Waals surface area (Å²) in [4.78, 5) is 17.1. The van der Waals surface area contributed by atoms with E-state index in [1.807, 2.05) is 0 Å². The van der Waals surface area contributed by atoms with Gasteiger partial charge in [-0.05, 0) is 184 Å². The maximum absolute atomic E-state index is 5.73. The van der Waals surface area contributed by atoms with E-state index in [1.165, 1.54) is 99.7 Å². The molecule has 3 aliphatic carbocycles. The Hall–Kier alpha value is -12.3. The van der Waals surface area contributed by atoms with Gasteiger partial charge in [-0.3, -0.25) is 9.13 Å². The second-order valence-corrected chi connectivity index (χ2v) is 29.6. The summed E-state index contributed by atoms with van der Waals surface area (Å²) in [7, 11) is 0. The summed E-state index contributed by atoms with van der Waals surface area (Å²) < 4.78 is 6.98. The summed E-state index contributed by atoms with van der Waals surface area (Å²) in [6.07, 6.45) is 0. The lowest BCUT2D eigenvalue weighted by atomic mass is 9.82. The summed E-state index contributed by atoms with van der Waals surface area (Å²) in [5, 5.41) is 9.13. The van der Waals surface area contributed by atoms with Crippen molar-refractivity contribution in [3.05, 3.63) is 325 Å². The van der Waals surface area contributed by atoms with Gasteiger partial charge in [0.15, 0.2) is 5.82 Å². The Labute approximate surface area is 579 Å². The molecule has 0 bridgehead atoms. The number of aromatic nitrogens is 6. The average molecular weight is 1280 g/mol. The summed E-state index contributed by atoms with van der Waals surface area (Å²) in [6, 6.07) is 108. The van der Waals surface area contributed by atoms with Crippen molar-refractivity contribution in [1.29, 1.82) is 0 Å².